The highest BCUT2D eigenvalue weighted by Crippen LogP contribution is 2.26. The van der Waals surface area contributed by atoms with Gasteiger partial charge in [0, 0.05) is 22.8 Å². The third kappa shape index (κ3) is 6.61. The molecule has 0 atom stereocenters. The fraction of sp³-hybridized carbons (Fsp3) is 0.233. The van der Waals surface area contributed by atoms with Gasteiger partial charge in [0.15, 0.2) is 5.78 Å². The van der Waals surface area contributed by atoms with Gasteiger partial charge >= 0.3 is 5.69 Å². The van der Waals surface area contributed by atoms with Gasteiger partial charge in [-0.1, -0.05) is 46.5 Å². The van der Waals surface area contributed by atoms with Crippen molar-refractivity contribution in [2.24, 2.45) is 0 Å². The molecule has 1 aromatic heterocycles. The Balaban J connectivity index is 1.45. The van der Waals surface area contributed by atoms with Crippen LogP contribution in [0.2, 0.25) is 5.02 Å². The Morgan fingerprint density at radius 1 is 0.789 bits per heavy atom. The van der Waals surface area contributed by atoms with Crippen LogP contribution < -0.4 is 20.7 Å². The molecule has 1 heterocycles. The summed E-state index contributed by atoms with van der Waals surface area (Å²) in [5, 5.41) is 0.403. The van der Waals surface area contributed by atoms with Gasteiger partial charge in [-0.25, -0.2) is 4.79 Å². The van der Waals surface area contributed by atoms with E-state index in [1.165, 1.54) is 16.8 Å². The van der Waals surface area contributed by atoms with E-state index in [4.69, 9.17) is 21.1 Å². The highest BCUT2D eigenvalue weighted by molar-refractivity contribution is 6.31. The lowest BCUT2D eigenvalue weighted by molar-refractivity contribution is 0.103. The summed E-state index contributed by atoms with van der Waals surface area (Å²) in [4.78, 5) is 38.6. The van der Waals surface area contributed by atoms with E-state index >= 15 is 0 Å². The summed E-state index contributed by atoms with van der Waals surface area (Å²) in [5.41, 5.74) is 3.03. The first-order valence-electron chi connectivity index (χ1n) is 12.3. The van der Waals surface area contributed by atoms with E-state index in [-0.39, 0.29) is 32.1 Å². The normalized spacial score (nSPS) is 10.8. The highest BCUT2D eigenvalue weighted by atomic mass is 35.5. The van der Waals surface area contributed by atoms with E-state index in [1.54, 1.807) is 18.2 Å². The summed E-state index contributed by atoms with van der Waals surface area (Å²) < 4.78 is 14.1. The standard InChI is InChI=1S/C30H29ClN2O5/c1-20-4-7-25(8-5-20)37-14-12-32-11-10-28(34)33(30(32)36)13-15-38-27-9-6-24(31)19-26(27)29(35)23-17-21(2)16-22(3)18-23/h4-11,16-19H,12-15H2,1-3H3. The molecule has 0 saturated heterocycles. The van der Waals surface area contributed by atoms with Crippen LogP contribution in [0.3, 0.4) is 0 Å². The van der Waals surface area contributed by atoms with Crippen molar-refractivity contribution in [3.05, 3.63) is 127 Å². The van der Waals surface area contributed by atoms with Crippen molar-refractivity contribution >= 4 is 17.4 Å². The molecule has 0 N–H and O–H groups in total. The Bertz CT molecular complexity index is 1550. The Morgan fingerprint density at radius 3 is 2.18 bits per heavy atom. The van der Waals surface area contributed by atoms with Crippen LogP contribution in [-0.2, 0) is 13.1 Å². The average Bonchev–Trinajstić information content (AvgIpc) is 2.88. The number of hydrogen-bond acceptors (Lipinski definition) is 5. The van der Waals surface area contributed by atoms with E-state index < -0.39 is 11.2 Å². The molecule has 3 aromatic carbocycles. The first kappa shape index (κ1) is 26.9. The number of halogens is 1. The molecular weight excluding hydrogens is 504 g/mol. The molecule has 7 nitrogen and oxygen atoms in total. The molecule has 0 aliphatic carbocycles. The molecule has 0 unspecified atom stereocenters. The molecule has 0 aliphatic heterocycles. The van der Waals surface area contributed by atoms with Crippen LogP contribution in [0.5, 0.6) is 11.5 Å². The van der Waals surface area contributed by atoms with Gasteiger partial charge in [0.1, 0.15) is 24.7 Å². The lowest BCUT2D eigenvalue weighted by Crippen LogP contribution is -2.40. The zero-order chi connectivity index (χ0) is 27.2. The monoisotopic (exact) mass is 532 g/mol. The molecular formula is C30H29ClN2O5. The molecule has 0 radical (unpaired) electrons. The quantitative estimate of drug-likeness (QED) is 0.269. The van der Waals surface area contributed by atoms with Gasteiger partial charge in [0.05, 0.1) is 18.7 Å². The first-order valence-corrected chi connectivity index (χ1v) is 12.6. The number of carbonyl (C=O) groups excluding carboxylic acids is 1. The maximum absolute atomic E-state index is 13.3. The molecule has 0 amide bonds. The Labute approximate surface area is 225 Å². The van der Waals surface area contributed by atoms with Gasteiger partial charge in [-0.05, 0) is 63.2 Å². The third-order valence-corrected chi connectivity index (χ3v) is 6.24. The third-order valence-electron chi connectivity index (χ3n) is 6.00. The van der Waals surface area contributed by atoms with Crippen molar-refractivity contribution in [2.75, 3.05) is 13.2 Å². The number of hydrogen-bond donors (Lipinski definition) is 0. The number of carbonyl (C=O) groups is 1. The molecule has 0 saturated carbocycles. The zero-order valence-electron chi connectivity index (χ0n) is 21.6. The van der Waals surface area contributed by atoms with Crippen molar-refractivity contribution in [1.29, 1.82) is 0 Å². The minimum Gasteiger partial charge on any atom is -0.492 e. The lowest BCUT2D eigenvalue weighted by Gasteiger charge is -2.14. The van der Waals surface area contributed by atoms with Crippen LogP contribution in [0, 0.1) is 20.8 Å². The fourth-order valence-electron chi connectivity index (χ4n) is 4.14. The number of ketones is 1. The zero-order valence-corrected chi connectivity index (χ0v) is 22.3. The van der Waals surface area contributed by atoms with E-state index in [9.17, 15) is 14.4 Å². The van der Waals surface area contributed by atoms with Crippen LogP contribution in [0.25, 0.3) is 0 Å². The Kier molecular flexibility index (Phi) is 8.48. The summed E-state index contributed by atoms with van der Waals surface area (Å²) >= 11 is 6.18. The van der Waals surface area contributed by atoms with Gasteiger partial charge < -0.3 is 9.47 Å². The average molecular weight is 533 g/mol. The van der Waals surface area contributed by atoms with Crippen LogP contribution in [-0.4, -0.2) is 28.1 Å². The lowest BCUT2D eigenvalue weighted by atomic mass is 9.99. The van der Waals surface area contributed by atoms with Gasteiger partial charge in [-0.15, -0.1) is 0 Å². The van der Waals surface area contributed by atoms with Gasteiger partial charge in [-0.2, -0.15) is 0 Å². The van der Waals surface area contributed by atoms with E-state index in [0.29, 0.717) is 27.6 Å². The topological polar surface area (TPSA) is 79.5 Å². The maximum atomic E-state index is 13.3. The fourth-order valence-corrected chi connectivity index (χ4v) is 4.31. The van der Waals surface area contributed by atoms with Crippen LogP contribution in [0.15, 0.2) is 82.5 Å². The number of rotatable bonds is 10. The van der Waals surface area contributed by atoms with E-state index in [2.05, 4.69) is 0 Å². The number of ether oxygens (including phenoxy) is 2. The van der Waals surface area contributed by atoms with Gasteiger partial charge in [-0.3, -0.25) is 18.7 Å². The van der Waals surface area contributed by atoms with Crippen molar-refractivity contribution in [3.8, 4) is 11.5 Å². The second-order valence-corrected chi connectivity index (χ2v) is 9.57. The molecule has 38 heavy (non-hydrogen) atoms. The predicted octanol–water partition coefficient (Wildman–Crippen LogP) is 4.98. The van der Waals surface area contributed by atoms with Crippen molar-refractivity contribution < 1.29 is 14.3 Å². The van der Waals surface area contributed by atoms with Crippen molar-refractivity contribution in [2.45, 2.75) is 33.9 Å². The maximum Gasteiger partial charge on any atom is 0.331 e. The highest BCUT2D eigenvalue weighted by Gasteiger charge is 2.17. The molecule has 0 spiro atoms. The van der Waals surface area contributed by atoms with Crippen molar-refractivity contribution in [1.82, 2.24) is 9.13 Å². The van der Waals surface area contributed by atoms with E-state index in [1.807, 2.05) is 63.2 Å². The second-order valence-electron chi connectivity index (χ2n) is 9.14. The molecule has 0 aliphatic rings. The molecule has 196 valence electrons. The molecule has 8 heteroatoms. The SMILES string of the molecule is Cc1ccc(OCCn2ccc(=O)n(CCOc3ccc(Cl)cc3C(=O)c3cc(C)cc(C)c3)c2=O)cc1. The van der Waals surface area contributed by atoms with Crippen LogP contribution in [0.1, 0.15) is 32.6 Å². The summed E-state index contributed by atoms with van der Waals surface area (Å²) in [7, 11) is 0. The largest absolute Gasteiger partial charge is 0.492 e. The first-order chi connectivity index (χ1) is 18.2. The van der Waals surface area contributed by atoms with Crippen LogP contribution >= 0.6 is 11.6 Å². The number of benzene rings is 3. The molecule has 4 aromatic rings. The second kappa shape index (κ2) is 12.0. The number of aromatic nitrogens is 2. The summed E-state index contributed by atoms with van der Waals surface area (Å²) in [6.07, 6.45) is 1.46. The Morgan fingerprint density at radius 2 is 1.47 bits per heavy atom. The van der Waals surface area contributed by atoms with Crippen LogP contribution in [0.4, 0.5) is 0 Å². The smallest absolute Gasteiger partial charge is 0.331 e. The summed E-state index contributed by atoms with van der Waals surface area (Å²) in [5.74, 6) is 0.816. The molecule has 0 bridgehead atoms. The van der Waals surface area contributed by atoms with Gasteiger partial charge in [0.2, 0.25) is 0 Å². The Hall–Kier alpha value is -4.10. The summed E-state index contributed by atoms with van der Waals surface area (Å²) in [6.45, 7) is 6.42. The number of nitrogens with zero attached hydrogens (tertiary/aromatic N) is 2. The van der Waals surface area contributed by atoms with E-state index in [0.717, 1.165) is 21.3 Å². The van der Waals surface area contributed by atoms with Crippen molar-refractivity contribution in [3.63, 3.8) is 0 Å². The molecule has 0 fully saturated rings. The summed E-state index contributed by atoms with van der Waals surface area (Å²) in [6, 6.07) is 19.4. The number of aryl methyl sites for hydroxylation is 3. The molecule has 4 rings (SSSR count). The minimum atomic E-state index is -0.462. The predicted molar refractivity (Wildman–Crippen MR) is 148 cm³/mol. The van der Waals surface area contributed by atoms with Gasteiger partial charge in [0.25, 0.3) is 5.56 Å². The minimum absolute atomic E-state index is 0.00772.